The average molecular weight is 819 g/mol. The maximum absolute atomic E-state index is 10.3. The molecule has 0 aliphatic rings. The van der Waals surface area contributed by atoms with Crippen LogP contribution in [0.5, 0.6) is 0 Å². The quantitative estimate of drug-likeness (QED) is 0.0890. The molecule has 0 aromatic heterocycles. The zero-order valence-corrected chi connectivity index (χ0v) is 32.0. The Hall–Kier alpha value is 0.343. The summed E-state index contributed by atoms with van der Waals surface area (Å²) in [5.41, 5.74) is 0. The molecule has 0 saturated heterocycles. The van der Waals surface area contributed by atoms with Gasteiger partial charge < -0.3 is 29.7 Å². The van der Waals surface area contributed by atoms with Gasteiger partial charge in [0.15, 0.2) is 0 Å². The number of carboxylic acid groups (broad SMARTS) is 3. The van der Waals surface area contributed by atoms with Crippen molar-refractivity contribution in [2.75, 3.05) is 0 Å². The van der Waals surface area contributed by atoms with Crippen LogP contribution in [0.15, 0.2) is 0 Å². The minimum Gasteiger partial charge on any atom is -0.549 e. The van der Waals surface area contributed by atoms with Crippen molar-refractivity contribution < 1.29 is 29.7 Å². The first-order valence-corrected chi connectivity index (χ1v) is 16.3. The van der Waals surface area contributed by atoms with Crippen LogP contribution in [0.3, 0.4) is 0 Å². The smallest absolute Gasteiger partial charge is 0.549 e. The molecule has 0 spiro atoms. The molecule has 0 rings (SSSR count). The third kappa shape index (κ3) is 40.5. The van der Waals surface area contributed by atoms with Gasteiger partial charge in [0.25, 0.3) is 0 Å². The Morgan fingerprint density at radius 3 is 0.750 bits per heavy atom. The Labute approximate surface area is 281 Å². The minimum atomic E-state index is -1.05. The van der Waals surface area contributed by atoms with Gasteiger partial charge in [-0.05, 0) is 37.0 Å². The maximum atomic E-state index is 10.3. The summed E-state index contributed by atoms with van der Waals surface area (Å²) >= 11 is 11.7. The molecular formula is C30H57BiO6S3. The molecule has 0 N–H and O–H groups in total. The van der Waals surface area contributed by atoms with Crippen LogP contribution in [-0.4, -0.2) is 59.9 Å². The van der Waals surface area contributed by atoms with Gasteiger partial charge in [-0.1, -0.05) is 119 Å². The molecule has 236 valence electrons. The first-order valence-electron chi connectivity index (χ1n) is 14.8. The van der Waals surface area contributed by atoms with E-state index in [1.54, 1.807) is 0 Å². The number of thiol groups is 3. The number of hydrogen-bond acceptors (Lipinski definition) is 9. The van der Waals surface area contributed by atoms with Crippen molar-refractivity contribution in [2.45, 2.75) is 154 Å². The second-order valence-corrected chi connectivity index (χ2v) is 13.5. The van der Waals surface area contributed by atoms with E-state index in [4.69, 9.17) is 0 Å². The summed E-state index contributed by atoms with van der Waals surface area (Å²) in [6.07, 6.45) is 15.2. The van der Waals surface area contributed by atoms with E-state index in [0.717, 1.165) is 56.3 Å². The second kappa shape index (κ2) is 32.3. The second-order valence-electron chi connectivity index (χ2n) is 11.6. The van der Waals surface area contributed by atoms with Crippen molar-refractivity contribution in [1.29, 1.82) is 0 Å². The summed E-state index contributed by atoms with van der Waals surface area (Å²) in [6.45, 7) is 13.2. The number of aliphatic carboxylic acids is 3. The average Bonchev–Trinajstić information content (AvgIpc) is 2.83. The van der Waals surface area contributed by atoms with Crippen LogP contribution < -0.4 is 15.3 Å². The van der Waals surface area contributed by atoms with Gasteiger partial charge >= 0.3 is 26.2 Å². The van der Waals surface area contributed by atoms with Gasteiger partial charge in [0.05, 0.1) is 17.9 Å². The Bertz CT molecular complexity index is 525. The van der Waals surface area contributed by atoms with Crippen molar-refractivity contribution >= 4 is 82.0 Å². The summed E-state index contributed by atoms with van der Waals surface area (Å²) in [5.74, 6) is -0.916. The molecule has 0 aromatic rings. The summed E-state index contributed by atoms with van der Waals surface area (Å²) in [4.78, 5) is 30.9. The molecule has 0 fully saturated rings. The number of carbonyl (C=O) groups excluding carboxylic acids is 3. The van der Waals surface area contributed by atoms with E-state index >= 15 is 0 Å². The fourth-order valence-electron chi connectivity index (χ4n) is 3.55. The van der Waals surface area contributed by atoms with E-state index in [-0.39, 0.29) is 26.2 Å². The van der Waals surface area contributed by atoms with Gasteiger partial charge in [-0.2, -0.15) is 37.9 Å². The van der Waals surface area contributed by atoms with E-state index in [1.165, 1.54) is 38.5 Å². The van der Waals surface area contributed by atoms with E-state index < -0.39 is 33.7 Å². The molecule has 0 aromatic carbocycles. The van der Waals surface area contributed by atoms with Crippen LogP contribution >= 0.6 is 37.9 Å². The van der Waals surface area contributed by atoms with Crippen LogP contribution in [0.25, 0.3) is 0 Å². The van der Waals surface area contributed by atoms with E-state index in [0.29, 0.717) is 19.3 Å². The van der Waals surface area contributed by atoms with Gasteiger partial charge in [-0.15, -0.1) is 0 Å². The number of carboxylic acids is 3. The topological polar surface area (TPSA) is 120 Å². The minimum absolute atomic E-state index is 0. The van der Waals surface area contributed by atoms with Crippen LogP contribution in [0.1, 0.15) is 138 Å². The molecule has 0 heterocycles. The maximum Gasteiger partial charge on any atom is 3.00 e. The Morgan fingerprint density at radius 1 is 0.425 bits per heavy atom. The predicted octanol–water partition coefficient (Wildman–Crippen LogP) is 4.54. The molecule has 0 aliphatic carbocycles. The molecule has 40 heavy (non-hydrogen) atoms. The van der Waals surface area contributed by atoms with Crippen LogP contribution in [0.2, 0.25) is 0 Å². The summed E-state index contributed by atoms with van der Waals surface area (Å²) in [6, 6.07) is 0. The van der Waals surface area contributed by atoms with Gasteiger partial charge in [0.2, 0.25) is 0 Å². The zero-order chi connectivity index (χ0) is 30.8. The number of carbonyl (C=O) groups is 3. The van der Waals surface area contributed by atoms with E-state index in [1.807, 2.05) is 0 Å². The van der Waals surface area contributed by atoms with Gasteiger partial charge in [-0.3, -0.25) is 0 Å². The number of rotatable bonds is 21. The molecule has 6 nitrogen and oxygen atoms in total. The summed E-state index contributed by atoms with van der Waals surface area (Å²) < 4.78 is 0. The first kappa shape index (κ1) is 47.3. The number of unbranched alkanes of at least 4 members (excludes halogenated alkanes) is 6. The molecule has 2 radical (unpaired) electrons. The molecular weight excluding hydrogens is 762 g/mol. The van der Waals surface area contributed by atoms with Crippen LogP contribution in [-0.2, 0) is 14.4 Å². The molecule has 10 heteroatoms. The molecule has 0 saturated carbocycles. The molecule has 0 aliphatic heterocycles. The van der Waals surface area contributed by atoms with E-state index in [2.05, 4.69) is 79.4 Å². The Balaban J connectivity index is -0.000000240. The van der Waals surface area contributed by atoms with Crippen molar-refractivity contribution in [3.8, 4) is 0 Å². The van der Waals surface area contributed by atoms with Gasteiger partial charge in [0.1, 0.15) is 0 Å². The van der Waals surface area contributed by atoms with Crippen LogP contribution in [0.4, 0.5) is 0 Å². The zero-order valence-electron chi connectivity index (χ0n) is 25.8. The van der Waals surface area contributed by atoms with Crippen LogP contribution in [0, 0.1) is 17.8 Å². The van der Waals surface area contributed by atoms with E-state index in [9.17, 15) is 29.7 Å². The van der Waals surface area contributed by atoms with Crippen molar-refractivity contribution in [3.63, 3.8) is 0 Å². The molecule has 0 bridgehead atoms. The fourth-order valence-corrected chi connectivity index (χ4v) is 4.10. The third-order valence-electron chi connectivity index (χ3n) is 6.09. The SMILES string of the molecule is CC(C)CCCCCC(S)C(=O)[O-].CC(C)CCCCCC(S)C(=O)[O-].CC(C)CCCCCC(S)C(=O)[O-].[Bi+3]. The fraction of sp³-hybridized carbons (Fsp3) is 0.900. The first-order chi connectivity index (χ1) is 18.1. The number of hydrogen-bond donors (Lipinski definition) is 3. The van der Waals surface area contributed by atoms with Crippen molar-refractivity contribution in [2.24, 2.45) is 17.8 Å². The standard InChI is InChI=1S/3C10H20O2S.Bi/c3*1-8(2)6-4-3-5-7-9(13)10(11)12;/h3*8-9,13H,3-7H2,1-2H3,(H,11,12);/q;;;+3/p-3. The molecule has 3 atom stereocenters. The van der Waals surface area contributed by atoms with Crippen molar-refractivity contribution in [3.05, 3.63) is 0 Å². The Morgan fingerprint density at radius 2 is 0.600 bits per heavy atom. The molecule has 3 unspecified atom stereocenters. The molecule has 0 amide bonds. The summed E-state index contributed by atoms with van der Waals surface area (Å²) in [7, 11) is 0. The summed E-state index contributed by atoms with van der Waals surface area (Å²) in [5, 5.41) is 29.1. The van der Waals surface area contributed by atoms with Gasteiger partial charge in [-0.25, -0.2) is 0 Å². The normalized spacial score (nSPS) is 12.9. The Kier molecular flexibility index (Phi) is 38.1. The predicted molar refractivity (Wildman–Crippen MR) is 173 cm³/mol. The third-order valence-corrected chi connectivity index (χ3v) is 7.50. The monoisotopic (exact) mass is 818 g/mol. The van der Waals surface area contributed by atoms with Gasteiger partial charge in [0, 0.05) is 15.7 Å². The van der Waals surface area contributed by atoms with Crippen molar-refractivity contribution in [1.82, 2.24) is 0 Å². The largest absolute Gasteiger partial charge is 3.00 e.